The van der Waals surface area contributed by atoms with Gasteiger partial charge in [0.1, 0.15) is 11.3 Å². The average molecular weight is 282 g/mol. The van der Waals surface area contributed by atoms with E-state index in [9.17, 15) is 4.79 Å². The van der Waals surface area contributed by atoms with E-state index < -0.39 is 5.97 Å². The van der Waals surface area contributed by atoms with Gasteiger partial charge in [-0.2, -0.15) is 0 Å². The maximum atomic E-state index is 11.7. The third kappa shape index (κ3) is 2.79. The first-order chi connectivity index (χ1) is 8.69. The number of ether oxygens (including phenoxy) is 1. The molecule has 0 bridgehead atoms. The molecule has 102 valence electrons. The van der Waals surface area contributed by atoms with Crippen LogP contribution in [0.1, 0.15) is 25.2 Å². The minimum Gasteiger partial charge on any atom is -0.461 e. The molecule has 5 heteroatoms. The summed E-state index contributed by atoms with van der Waals surface area (Å²) < 4.78 is 10.5. The molecule has 0 atom stereocenters. The number of halogens is 1. The molecule has 19 heavy (non-hydrogen) atoms. The Bertz CT molecular complexity index is 604. The highest BCUT2D eigenvalue weighted by Gasteiger charge is 2.22. The van der Waals surface area contributed by atoms with Gasteiger partial charge in [-0.3, -0.25) is 5.41 Å². The molecular weight excluding hydrogens is 266 g/mol. The lowest BCUT2D eigenvalue weighted by atomic mass is 10.0. The molecule has 0 unspecified atom stereocenters. The lowest BCUT2D eigenvalue weighted by Gasteiger charge is -2.03. The first-order valence-corrected chi connectivity index (χ1v) is 5.95. The van der Waals surface area contributed by atoms with Gasteiger partial charge in [-0.05, 0) is 13.0 Å². The van der Waals surface area contributed by atoms with Crippen LogP contribution in [0.25, 0.3) is 11.0 Å². The van der Waals surface area contributed by atoms with E-state index in [0.717, 1.165) is 5.39 Å². The van der Waals surface area contributed by atoms with Crippen molar-refractivity contribution in [1.82, 2.24) is 0 Å². The monoisotopic (exact) mass is 281 g/mol. The van der Waals surface area contributed by atoms with Crippen molar-refractivity contribution in [3.8, 4) is 0 Å². The zero-order valence-corrected chi connectivity index (χ0v) is 11.7. The first kappa shape index (κ1) is 15.2. The van der Waals surface area contributed by atoms with Crippen LogP contribution >= 0.6 is 12.4 Å². The number of carbonyl (C=O) groups excluding carboxylic acids is 1. The molecule has 0 radical (unpaired) electrons. The highest BCUT2D eigenvalue weighted by atomic mass is 35.5. The Morgan fingerprint density at radius 2 is 2.00 bits per heavy atom. The molecule has 4 nitrogen and oxygen atoms in total. The topological polar surface area (TPSA) is 63.3 Å². The predicted molar refractivity (Wildman–Crippen MR) is 76.3 cm³/mol. The van der Waals surface area contributed by atoms with Gasteiger partial charge in [0.15, 0.2) is 5.71 Å². The van der Waals surface area contributed by atoms with Gasteiger partial charge in [-0.1, -0.05) is 25.1 Å². The van der Waals surface area contributed by atoms with Gasteiger partial charge in [-0.25, -0.2) is 4.79 Å². The fourth-order valence-corrected chi connectivity index (χ4v) is 1.92. The molecule has 0 saturated heterocycles. The van der Waals surface area contributed by atoms with Crippen molar-refractivity contribution in [2.75, 3.05) is 6.61 Å². The Morgan fingerprint density at radius 3 is 2.63 bits per heavy atom. The van der Waals surface area contributed by atoms with Gasteiger partial charge in [-0.15, -0.1) is 12.4 Å². The largest absolute Gasteiger partial charge is 0.461 e. The second-order valence-electron chi connectivity index (χ2n) is 3.85. The molecule has 0 saturated carbocycles. The predicted octanol–water partition coefficient (Wildman–Crippen LogP) is 3.35. The highest BCUT2D eigenvalue weighted by Crippen LogP contribution is 2.26. The molecule has 1 aromatic heterocycles. The molecule has 0 aliphatic carbocycles. The molecule has 1 aromatic carbocycles. The second kappa shape index (κ2) is 6.38. The summed E-state index contributed by atoms with van der Waals surface area (Å²) >= 11 is 0. The van der Waals surface area contributed by atoms with Gasteiger partial charge in [0, 0.05) is 11.8 Å². The number of aryl methyl sites for hydroxylation is 1. The van der Waals surface area contributed by atoms with Crippen LogP contribution in [0.2, 0.25) is 0 Å². The maximum Gasteiger partial charge on any atom is 0.356 e. The van der Waals surface area contributed by atoms with Gasteiger partial charge < -0.3 is 9.15 Å². The number of rotatable bonds is 4. The molecule has 0 fully saturated rings. The van der Waals surface area contributed by atoms with Crippen LogP contribution in [-0.2, 0) is 16.0 Å². The zero-order valence-electron chi connectivity index (χ0n) is 10.9. The molecule has 1 N–H and O–H groups in total. The Balaban J connectivity index is 0.00000180. The number of fused-ring (bicyclic) bond motifs is 1. The zero-order chi connectivity index (χ0) is 13.1. The van der Waals surface area contributed by atoms with E-state index in [1.54, 1.807) is 6.92 Å². The van der Waals surface area contributed by atoms with Crippen LogP contribution in [0.3, 0.4) is 0 Å². The van der Waals surface area contributed by atoms with Crippen molar-refractivity contribution < 1.29 is 13.9 Å². The minimum absolute atomic E-state index is 0. The Hall–Kier alpha value is -1.81. The van der Waals surface area contributed by atoms with Crippen LogP contribution < -0.4 is 0 Å². The third-order valence-corrected chi connectivity index (χ3v) is 2.72. The summed E-state index contributed by atoms with van der Waals surface area (Å²) in [7, 11) is 0. The maximum absolute atomic E-state index is 11.7. The third-order valence-electron chi connectivity index (χ3n) is 2.72. The summed E-state index contributed by atoms with van der Waals surface area (Å²) in [5.41, 5.74) is 1.10. The molecule has 1 heterocycles. The van der Waals surface area contributed by atoms with Crippen molar-refractivity contribution in [2.24, 2.45) is 0 Å². The summed E-state index contributed by atoms with van der Waals surface area (Å²) in [6.45, 7) is 3.91. The summed E-state index contributed by atoms with van der Waals surface area (Å²) in [4.78, 5) is 11.7. The molecular formula is C14H16ClNO3. The number of nitrogens with one attached hydrogen (secondary N) is 1. The van der Waals surface area contributed by atoms with Crippen molar-refractivity contribution in [3.63, 3.8) is 0 Å². The molecule has 2 aromatic rings. The van der Waals surface area contributed by atoms with E-state index in [0.29, 0.717) is 23.3 Å². The number of hydrogen-bond donors (Lipinski definition) is 1. The van der Waals surface area contributed by atoms with E-state index in [1.807, 2.05) is 31.2 Å². The summed E-state index contributed by atoms with van der Waals surface area (Å²) in [5.74, 6) is 0.0352. The average Bonchev–Trinajstić information content (AvgIpc) is 2.76. The summed E-state index contributed by atoms with van der Waals surface area (Å²) in [6.07, 6.45) is 0.631. The fraction of sp³-hybridized carbons (Fsp3) is 0.286. The number of esters is 1. The number of benzene rings is 1. The van der Waals surface area contributed by atoms with Crippen molar-refractivity contribution >= 4 is 35.1 Å². The van der Waals surface area contributed by atoms with Crippen molar-refractivity contribution in [3.05, 3.63) is 35.6 Å². The quantitative estimate of drug-likeness (QED) is 0.690. The van der Waals surface area contributed by atoms with Crippen LogP contribution in [-0.4, -0.2) is 18.3 Å². The highest BCUT2D eigenvalue weighted by molar-refractivity contribution is 6.44. The van der Waals surface area contributed by atoms with Crippen LogP contribution in [0.5, 0.6) is 0 Å². The summed E-state index contributed by atoms with van der Waals surface area (Å²) in [6, 6.07) is 7.40. The normalized spacial score (nSPS) is 10.0. The standard InChI is InChI=1S/C14H15NO3.ClH/c1-3-10-12(13(15)14(16)17-4-2)9-7-5-6-8-11(9)18-10;/h5-8,15H,3-4H2,1-2H3;1H. The molecule has 0 amide bonds. The van der Waals surface area contributed by atoms with E-state index in [-0.39, 0.29) is 24.7 Å². The van der Waals surface area contributed by atoms with E-state index in [2.05, 4.69) is 0 Å². The van der Waals surface area contributed by atoms with E-state index in [1.165, 1.54) is 0 Å². The van der Waals surface area contributed by atoms with Crippen LogP contribution in [0.15, 0.2) is 28.7 Å². The molecule has 0 aliphatic rings. The lowest BCUT2D eigenvalue weighted by Crippen LogP contribution is -2.18. The number of carbonyl (C=O) groups is 1. The SMILES string of the molecule is CCOC(=O)C(=N)c1c(CC)oc2ccccc12.Cl. The second-order valence-corrected chi connectivity index (χ2v) is 3.85. The minimum atomic E-state index is -0.612. The van der Waals surface area contributed by atoms with Gasteiger partial charge in [0.2, 0.25) is 0 Å². The fourth-order valence-electron chi connectivity index (χ4n) is 1.92. The van der Waals surface area contributed by atoms with E-state index >= 15 is 0 Å². The first-order valence-electron chi connectivity index (χ1n) is 5.95. The van der Waals surface area contributed by atoms with Gasteiger partial charge in [0.25, 0.3) is 0 Å². The van der Waals surface area contributed by atoms with Gasteiger partial charge in [0.05, 0.1) is 12.2 Å². The molecule has 0 aliphatic heterocycles. The Labute approximate surface area is 117 Å². The van der Waals surface area contributed by atoms with Crippen LogP contribution in [0, 0.1) is 5.41 Å². The van der Waals surface area contributed by atoms with E-state index in [4.69, 9.17) is 14.6 Å². The molecule has 2 rings (SSSR count). The Kier molecular flexibility index (Phi) is 5.12. The van der Waals surface area contributed by atoms with Crippen LogP contribution in [0.4, 0.5) is 0 Å². The van der Waals surface area contributed by atoms with Crippen molar-refractivity contribution in [1.29, 1.82) is 5.41 Å². The molecule has 0 spiro atoms. The number of furan rings is 1. The lowest BCUT2D eigenvalue weighted by molar-refractivity contribution is -0.135. The van der Waals surface area contributed by atoms with Gasteiger partial charge >= 0.3 is 5.97 Å². The van der Waals surface area contributed by atoms with Crippen molar-refractivity contribution in [2.45, 2.75) is 20.3 Å². The number of hydrogen-bond acceptors (Lipinski definition) is 4. The Morgan fingerprint density at radius 1 is 1.32 bits per heavy atom. The smallest absolute Gasteiger partial charge is 0.356 e. The summed E-state index contributed by atoms with van der Waals surface area (Å²) in [5, 5.41) is 8.73. The number of para-hydroxylation sites is 1.